The summed E-state index contributed by atoms with van der Waals surface area (Å²) < 4.78 is 11.4. The number of pyridine rings is 1. The van der Waals surface area contributed by atoms with Crippen LogP contribution in [0.1, 0.15) is 17.3 Å². The molecule has 0 bridgehead atoms. The fraction of sp³-hybridized carbons (Fsp3) is 0.167. The normalized spacial score (nSPS) is 13.0. The van der Waals surface area contributed by atoms with Crippen molar-refractivity contribution in [1.82, 2.24) is 4.98 Å². The fourth-order valence-corrected chi connectivity index (χ4v) is 4.83. The number of rotatable bonds is 7. The molecule has 38 heavy (non-hydrogen) atoms. The van der Waals surface area contributed by atoms with E-state index in [0.29, 0.717) is 40.8 Å². The molecule has 0 spiro atoms. The summed E-state index contributed by atoms with van der Waals surface area (Å²) in [7, 11) is 1.37. The van der Waals surface area contributed by atoms with Gasteiger partial charge in [0.15, 0.2) is 0 Å². The maximum absolute atomic E-state index is 12.6. The van der Waals surface area contributed by atoms with Crippen molar-refractivity contribution in [1.29, 1.82) is 0 Å². The molecule has 0 unspecified atom stereocenters. The Morgan fingerprint density at radius 1 is 1.00 bits per heavy atom. The van der Waals surface area contributed by atoms with Crippen molar-refractivity contribution < 1.29 is 19.1 Å². The Bertz CT molecular complexity index is 1470. The zero-order valence-corrected chi connectivity index (χ0v) is 21.8. The molecule has 2 heterocycles. The number of esters is 1. The van der Waals surface area contributed by atoms with Crippen molar-refractivity contribution in [2.24, 2.45) is 0 Å². The summed E-state index contributed by atoms with van der Waals surface area (Å²) in [6, 6.07) is 24.1. The monoisotopic (exact) mass is 527 g/mol. The van der Waals surface area contributed by atoms with E-state index in [9.17, 15) is 9.59 Å². The van der Waals surface area contributed by atoms with Gasteiger partial charge in [0.1, 0.15) is 11.9 Å². The molecule has 8 heteroatoms. The van der Waals surface area contributed by atoms with Gasteiger partial charge in [-0.15, -0.1) is 0 Å². The van der Waals surface area contributed by atoms with Gasteiger partial charge in [-0.05, 0) is 54.1 Å². The van der Waals surface area contributed by atoms with E-state index in [1.165, 1.54) is 14.0 Å². The Morgan fingerprint density at radius 2 is 1.79 bits per heavy atom. The fourth-order valence-electron chi connectivity index (χ4n) is 4.64. The molecule has 1 aromatic heterocycles. The number of carbonyl (C=O) groups is 2. The molecule has 0 aliphatic carbocycles. The van der Waals surface area contributed by atoms with E-state index in [4.69, 9.17) is 21.1 Å². The van der Waals surface area contributed by atoms with Crippen molar-refractivity contribution in [3.8, 4) is 16.9 Å². The highest BCUT2D eigenvalue weighted by atomic mass is 35.5. The van der Waals surface area contributed by atoms with Crippen molar-refractivity contribution in [2.75, 3.05) is 30.0 Å². The average molecular weight is 528 g/mol. The third kappa shape index (κ3) is 5.06. The zero-order chi connectivity index (χ0) is 26.6. The summed E-state index contributed by atoms with van der Waals surface area (Å²) in [4.78, 5) is 33.1. The number of amides is 1. The summed E-state index contributed by atoms with van der Waals surface area (Å²) in [6.07, 6.45) is 3.20. The number of para-hydroxylation sites is 2. The lowest BCUT2D eigenvalue weighted by Crippen LogP contribution is -2.54. The second-order valence-corrected chi connectivity index (χ2v) is 9.32. The molecule has 5 rings (SSSR count). The molecule has 1 amide bonds. The number of hydrogen-bond acceptors (Lipinski definition) is 6. The average Bonchev–Trinajstić information content (AvgIpc) is 2.91. The third-order valence-corrected chi connectivity index (χ3v) is 6.60. The van der Waals surface area contributed by atoms with Gasteiger partial charge >= 0.3 is 5.97 Å². The first-order chi connectivity index (χ1) is 18.5. The lowest BCUT2D eigenvalue weighted by Gasteiger charge is -2.42. The highest BCUT2D eigenvalue weighted by molar-refractivity contribution is 6.31. The maximum Gasteiger partial charge on any atom is 0.338 e. The molecule has 1 aliphatic heterocycles. The molecular weight excluding hydrogens is 502 g/mol. The predicted octanol–water partition coefficient (Wildman–Crippen LogP) is 6.14. The summed E-state index contributed by atoms with van der Waals surface area (Å²) in [5.41, 5.74) is 4.27. The van der Waals surface area contributed by atoms with Crippen molar-refractivity contribution >= 4 is 40.5 Å². The molecule has 192 valence electrons. The zero-order valence-electron chi connectivity index (χ0n) is 21.0. The van der Waals surface area contributed by atoms with Gasteiger partial charge in [-0.25, -0.2) is 4.79 Å². The maximum atomic E-state index is 12.6. The van der Waals surface area contributed by atoms with Gasteiger partial charge in [0, 0.05) is 29.4 Å². The number of ether oxygens (including phenoxy) is 2. The van der Waals surface area contributed by atoms with E-state index >= 15 is 0 Å². The van der Waals surface area contributed by atoms with Crippen LogP contribution in [0.4, 0.5) is 17.1 Å². The predicted molar refractivity (Wildman–Crippen MR) is 148 cm³/mol. The number of nitrogens with zero attached hydrogens (tertiary/aromatic N) is 3. The Hall–Kier alpha value is -4.36. The summed E-state index contributed by atoms with van der Waals surface area (Å²) >= 11 is 6.28. The minimum Gasteiger partial charge on any atom is -0.485 e. The van der Waals surface area contributed by atoms with Crippen LogP contribution in [-0.4, -0.2) is 43.2 Å². The number of benzene rings is 3. The smallest absolute Gasteiger partial charge is 0.338 e. The van der Waals surface area contributed by atoms with E-state index < -0.39 is 5.97 Å². The van der Waals surface area contributed by atoms with Crippen LogP contribution in [0.2, 0.25) is 5.02 Å². The molecule has 1 saturated heterocycles. The number of methoxy groups -OCH3 is 1. The number of carbonyl (C=O) groups excluding carboxylic acids is 2. The van der Waals surface area contributed by atoms with E-state index in [2.05, 4.69) is 9.88 Å². The van der Waals surface area contributed by atoms with Crippen LogP contribution in [0.3, 0.4) is 0 Å². The van der Waals surface area contributed by atoms with E-state index in [1.807, 2.05) is 60.7 Å². The molecule has 0 saturated carbocycles. The quantitative estimate of drug-likeness (QED) is 0.269. The Morgan fingerprint density at radius 3 is 2.50 bits per heavy atom. The number of hydrogen-bond donors (Lipinski definition) is 0. The summed E-state index contributed by atoms with van der Waals surface area (Å²) in [6.45, 7) is 2.71. The Balaban J connectivity index is 1.41. The van der Waals surface area contributed by atoms with Crippen LogP contribution >= 0.6 is 11.6 Å². The van der Waals surface area contributed by atoms with Crippen LogP contribution in [0.25, 0.3) is 11.1 Å². The standard InChI is InChI=1S/C30H26ClN3O4/c1-20(35)34(23-10-7-15-32-17-23)26-12-3-4-14-28(26)38-24-18-33(19-24)27-13-6-11-25(30(36)37-2)29(27)21-8-5-9-22(31)16-21/h3-17,24H,18-19H2,1-2H3. The summed E-state index contributed by atoms with van der Waals surface area (Å²) in [5.74, 6) is 0.0495. The molecule has 4 aromatic rings. The van der Waals surface area contributed by atoms with Gasteiger partial charge in [-0.1, -0.05) is 41.9 Å². The molecule has 1 fully saturated rings. The minimum atomic E-state index is -0.413. The van der Waals surface area contributed by atoms with Crippen molar-refractivity contribution in [3.05, 3.63) is 102 Å². The van der Waals surface area contributed by atoms with Gasteiger partial charge in [0.25, 0.3) is 0 Å². The largest absolute Gasteiger partial charge is 0.485 e. The molecule has 1 aliphatic rings. The van der Waals surface area contributed by atoms with E-state index in [-0.39, 0.29) is 12.0 Å². The molecule has 7 nitrogen and oxygen atoms in total. The van der Waals surface area contributed by atoms with E-state index in [0.717, 1.165) is 16.8 Å². The van der Waals surface area contributed by atoms with Crippen LogP contribution < -0.4 is 14.5 Å². The first-order valence-electron chi connectivity index (χ1n) is 12.1. The van der Waals surface area contributed by atoms with Crippen LogP contribution in [-0.2, 0) is 9.53 Å². The highest BCUT2D eigenvalue weighted by Crippen LogP contribution is 2.39. The number of halogens is 1. The summed E-state index contributed by atoms with van der Waals surface area (Å²) in [5, 5.41) is 0.582. The third-order valence-electron chi connectivity index (χ3n) is 6.37. The second kappa shape index (κ2) is 10.9. The molecule has 0 radical (unpaired) electrons. The van der Waals surface area contributed by atoms with Gasteiger partial charge in [-0.3, -0.25) is 14.7 Å². The lowest BCUT2D eigenvalue weighted by atomic mass is 9.95. The SMILES string of the molecule is COC(=O)c1cccc(N2CC(Oc3ccccc3N(C(C)=O)c3cccnc3)C2)c1-c1cccc(Cl)c1. The van der Waals surface area contributed by atoms with Crippen molar-refractivity contribution in [3.63, 3.8) is 0 Å². The van der Waals surface area contributed by atoms with Crippen LogP contribution in [0.5, 0.6) is 5.75 Å². The number of aromatic nitrogens is 1. The highest BCUT2D eigenvalue weighted by Gasteiger charge is 2.33. The molecular formula is C30H26ClN3O4. The Labute approximate surface area is 226 Å². The molecule has 0 atom stereocenters. The lowest BCUT2D eigenvalue weighted by molar-refractivity contribution is -0.115. The first-order valence-corrected chi connectivity index (χ1v) is 12.5. The molecule has 0 N–H and O–H groups in total. The van der Waals surface area contributed by atoms with Gasteiger partial charge in [0.05, 0.1) is 43.3 Å². The van der Waals surface area contributed by atoms with Gasteiger partial charge in [0.2, 0.25) is 5.91 Å². The minimum absolute atomic E-state index is 0.118. The number of anilines is 3. The Kier molecular flexibility index (Phi) is 7.29. The van der Waals surface area contributed by atoms with Crippen LogP contribution in [0.15, 0.2) is 91.3 Å². The van der Waals surface area contributed by atoms with E-state index in [1.54, 1.807) is 35.5 Å². The van der Waals surface area contributed by atoms with Crippen LogP contribution in [0, 0.1) is 0 Å². The molecule has 3 aromatic carbocycles. The second-order valence-electron chi connectivity index (χ2n) is 8.88. The van der Waals surface area contributed by atoms with Gasteiger partial charge < -0.3 is 14.4 Å². The first kappa shape index (κ1) is 25.3. The van der Waals surface area contributed by atoms with Crippen molar-refractivity contribution in [2.45, 2.75) is 13.0 Å². The van der Waals surface area contributed by atoms with Gasteiger partial charge in [-0.2, -0.15) is 0 Å². The topological polar surface area (TPSA) is 72.0 Å².